The summed E-state index contributed by atoms with van der Waals surface area (Å²) in [5, 5.41) is 10.3. The van der Waals surface area contributed by atoms with Crippen LogP contribution >= 0.6 is 11.3 Å². The number of rotatable bonds is 2. The highest BCUT2D eigenvalue weighted by Gasteiger charge is 2.12. The average Bonchev–Trinajstić information content (AvgIpc) is 3.24. The minimum Gasteiger partial charge on any atom is -0.313 e. The number of aromatic nitrogens is 3. The van der Waals surface area contributed by atoms with Crippen LogP contribution in [0.15, 0.2) is 42.6 Å². The van der Waals surface area contributed by atoms with Crippen LogP contribution < -0.4 is 5.32 Å². The molecule has 0 atom stereocenters. The maximum atomic E-state index is 4.85. The highest BCUT2D eigenvalue weighted by molar-refractivity contribution is 7.19. The molecule has 0 saturated heterocycles. The molecule has 1 N–H and O–H groups in total. The third-order valence-corrected chi connectivity index (χ3v) is 6.07. The SMILES string of the molecule is Cc1cc(-c2ccc3nc(C4=CCNCC4)sc3c2)cc2cn(C)nc12. The topological polar surface area (TPSA) is 42.7 Å². The molecule has 3 heterocycles. The summed E-state index contributed by atoms with van der Waals surface area (Å²) in [4.78, 5) is 4.85. The lowest BCUT2D eigenvalue weighted by atomic mass is 10.0. The van der Waals surface area contributed by atoms with E-state index in [1.165, 1.54) is 32.3 Å². The van der Waals surface area contributed by atoms with Gasteiger partial charge < -0.3 is 5.32 Å². The van der Waals surface area contributed by atoms with E-state index < -0.39 is 0 Å². The van der Waals surface area contributed by atoms with E-state index in [2.05, 4.69) is 59.9 Å². The molecule has 0 amide bonds. The van der Waals surface area contributed by atoms with Gasteiger partial charge in [-0.2, -0.15) is 5.10 Å². The Morgan fingerprint density at radius 2 is 2.08 bits per heavy atom. The lowest BCUT2D eigenvalue weighted by molar-refractivity contribution is 0.738. The number of aryl methyl sites for hydroxylation is 2. The fourth-order valence-corrected chi connectivity index (χ4v) is 4.73. The Hall–Kier alpha value is -2.50. The second-order valence-corrected chi connectivity index (χ2v) is 7.95. The van der Waals surface area contributed by atoms with Crippen LogP contribution in [0.5, 0.6) is 0 Å². The first-order chi connectivity index (χ1) is 12.7. The van der Waals surface area contributed by atoms with E-state index in [9.17, 15) is 0 Å². The van der Waals surface area contributed by atoms with E-state index in [0.717, 1.165) is 35.6 Å². The second-order valence-electron chi connectivity index (χ2n) is 6.92. The van der Waals surface area contributed by atoms with Crippen molar-refractivity contribution in [3.63, 3.8) is 0 Å². The predicted molar refractivity (Wildman–Crippen MR) is 110 cm³/mol. The molecule has 2 aromatic carbocycles. The van der Waals surface area contributed by atoms with Crippen molar-refractivity contribution in [1.29, 1.82) is 0 Å². The monoisotopic (exact) mass is 360 g/mol. The summed E-state index contributed by atoms with van der Waals surface area (Å²) < 4.78 is 3.13. The first-order valence-electron chi connectivity index (χ1n) is 8.92. The summed E-state index contributed by atoms with van der Waals surface area (Å²) in [5.41, 5.74) is 7.23. The highest BCUT2D eigenvalue weighted by Crippen LogP contribution is 2.33. The normalized spacial score (nSPS) is 14.9. The molecule has 5 heteroatoms. The molecule has 2 aromatic heterocycles. The van der Waals surface area contributed by atoms with Crippen molar-refractivity contribution in [2.24, 2.45) is 7.05 Å². The van der Waals surface area contributed by atoms with E-state index in [1.54, 1.807) is 11.3 Å². The number of benzene rings is 2. The van der Waals surface area contributed by atoms with E-state index in [0.29, 0.717) is 0 Å². The zero-order valence-electron chi connectivity index (χ0n) is 14.9. The minimum absolute atomic E-state index is 0.945. The first-order valence-corrected chi connectivity index (χ1v) is 9.74. The number of thiazole rings is 1. The van der Waals surface area contributed by atoms with Gasteiger partial charge in [0.05, 0.1) is 15.7 Å². The van der Waals surface area contributed by atoms with Gasteiger partial charge in [0.2, 0.25) is 0 Å². The second kappa shape index (κ2) is 6.04. The molecule has 0 radical (unpaired) electrons. The van der Waals surface area contributed by atoms with Crippen LogP contribution in [0, 0.1) is 6.92 Å². The number of hydrogen-bond acceptors (Lipinski definition) is 4. The number of hydrogen-bond donors (Lipinski definition) is 1. The highest BCUT2D eigenvalue weighted by atomic mass is 32.1. The molecule has 1 aliphatic rings. The number of nitrogens with one attached hydrogen (secondary N) is 1. The van der Waals surface area contributed by atoms with Crippen LogP contribution in [0.1, 0.15) is 17.0 Å². The summed E-state index contributed by atoms with van der Waals surface area (Å²) >= 11 is 1.80. The van der Waals surface area contributed by atoms with Crippen molar-refractivity contribution in [1.82, 2.24) is 20.1 Å². The van der Waals surface area contributed by atoms with Gasteiger partial charge in [-0.1, -0.05) is 12.1 Å². The third-order valence-electron chi connectivity index (χ3n) is 4.97. The number of nitrogens with zero attached hydrogens (tertiary/aromatic N) is 3. The lowest BCUT2D eigenvalue weighted by Crippen LogP contribution is -2.19. The maximum absolute atomic E-state index is 4.85. The Labute approximate surface area is 156 Å². The van der Waals surface area contributed by atoms with Crippen LogP contribution in [-0.2, 0) is 7.05 Å². The van der Waals surface area contributed by atoms with E-state index in [4.69, 9.17) is 4.98 Å². The van der Waals surface area contributed by atoms with Gasteiger partial charge in [-0.3, -0.25) is 4.68 Å². The molecule has 0 saturated carbocycles. The molecule has 130 valence electrons. The molecule has 4 nitrogen and oxygen atoms in total. The van der Waals surface area contributed by atoms with E-state index >= 15 is 0 Å². The summed E-state index contributed by atoms with van der Waals surface area (Å²) in [6.07, 6.45) is 5.41. The first kappa shape index (κ1) is 15.7. The largest absolute Gasteiger partial charge is 0.313 e. The summed E-state index contributed by atoms with van der Waals surface area (Å²) in [5.74, 6) is 0. The van der Waals surface area contributed by atoms with Crippen LogP contribution in [0.25, 0.3) is 37.8 Å². The van der Waals surface area contributed by atoms with Crippen molar-refractivity contribution < 1.29 is 0 Å². The Morgan fingerprint density at radius 1 is 1.15 bits per heavy atom. The molecule has 5 rings (SSSR count). The molecular formula is C21H20N4S. The Bertz CT molecular complexity index is 1170. The van der Waals surface area contributed by atoms with E-state index in [-0.39, 0.29) is 0 Å². The maximum Gasteiger partial charge on any atom is 0.120 e. The third kappa shape index (κ3) is 2.64. The van der Waals surface area contributed by atoms with Gasteiger partial charge in [-0.05, 0) is 66.4 Å². The van der Waals surface area contributed by atoms with Crippen molar-refractivity contribution in [2.75, 3.05) is 13.1 Å². The van der Waals surface area contributed by atoms with Crippen molar-refractivity contribution in [2.45, 2.75) is 13.3 Å². The van der Waals surface area contributed by atoms with Gasteiger partial charge in [0.15, 0.2) is 0 Å². The van der Waals surface area contributed by atoms with Gasteiger partial charge in [-0.15, -0.1) is 11.3 Å². The van der Waals surface area contributed by atoms with Crippen molar-refractivity contribution in [3.8, 4) is 11.1 Å². The molecule has 0 unspecified atom stereocenters. The van der Waals surface area contributed by atoms with Crippen molar-refractivity contribution in [3.05, 3.63) is 53.2 Å². The smallest absolute Gasteiger partial charge is 0.120 e. The van der Waals surface area contributed by atoms with Crippen LogP contribution in [-0.4, -0.2) is 27.9 Å². The van der Waals surface area contributed by atoms with Crippen molar-refractivity contribution >= 4 is 38.0 Å². The molecule has 4 aromatic rings. The fourth-order valence-electron chi connectivity index (χ4n) is 3.65. The van der Waals surface area contributed by atoms with Crippen LogP contribution in [0.4, 0.5) is 0 Å². The molecule has 0 spiro atoms. The van der Waals surface area contributed by atoms with Crippen LogP contribution in [0.3, 0.4) is 0 Å². The lowest BCUT2D eigenvalue weighted by Gasteiger charge is -2.10. The zero-order valence-corrected chi connectivity index (χ0v) is 15.7. The standard InChI is InChI=1S/C21H20N4S/c1-13-9-16(10-17-12-25(2)24-20(13)17)15-3-4-18-19(11-15)26-21(23-18)14-5-7-22-8-6-14/h3-5,9-12,22H,6-8H2,1-2H3. The van der Waals surface area contributed by atoms with Crippen LogP contribution in [0.2, 0.25) is 0 Å². The molecular weight excluding hydrogens is 340 g/mol. The average molecular weight is 360 g/mol. The Morgan fingerprint density at radius 3 is 2.92 bits per heavy atom. The zero-order chi connectivity index (χ0) is 17.7. The molecule has 0 bridgehead atoms. The van der Waals surface area contributed by atoms with E-state index in [1.807, 2.05) is 11.7 Å². The Kier molecular flexibility index (Phi) is 3.65. The van der Waals surface area contributed by atoms with Gasteiger partial charge in [0, 0.05) is 25.2 Å². The molecule has 1 aliphatic heterocycles. The van der Waals surface area contributed by atoms with Gasteiger partial charge >= 0.3 is 0 Å². The molecule has 0 fully saturated rings. The molecule has 0 aliphatic carbocycles. The summed E-state index contributed by atoms with van der Waals surface area (Å²) in [6.45, 7) is 4.12. The van der Waals surface area contributed by atoms with Gasteiger partial charge in [-0.25, -0.2) is 4.98 Å². The predicted octanol–water partition coefficient (Wildman–Crippen LogP) is 4.54. The van der Waals surface area contributed by atoms with Gasteiger partial charge in [0.1, 0.15) is 5.01 Å². The quantitative estimate of drug-likeness (QED) is 0.571. The Balaban J connectivity index is 1.60. The number of fused-ring (bicyclic) bond motifs is 2. The summed E-state index contributed by atoms with van der Waals surface area (Å²) in [7, 11) is 1.97. The fraction of sp³-hybridized carbons (Fsp3) is 0.238. The minimum atomic E-state index is 0.945. The van der Waals surface area contributed by atoms with Gasteiger partial charge in [0.25, 0.3) is 0 Å². The summed E-state index contributed by atoms with van der Waals surface area (Å²) in [6, 6.07) is 11.1. The molecule has 26 heavy (non-hydrogen) atoms.